The fourth-order valence-electron chi connectivity index (χ4n) is 12.4. The average molecular weight is 2280 g/mol. The normalized spacial score (nSPS) is 10.9. The van der Waals surface area contributed by atoms with Crippen LogP contribution in [0.5, 0.6) is 5.75 Å². The molecule has 0 spiro atoms. The summed E-state index contributed by atoms with van der Waals surface area (Å²) in [5.41, 5.74) is 19.5. The van der Waals surface area contributed by atoms with Gasteiger partial charge < -0.3 is 61.1 Å². The van der Waals surface area contributed by atoms with Crippen LogP contribution < -0.4 is 153 Å². The second-order valence-corrected chi connectivity index (χ2v) is 32.0. The Morgan fingerprint density at radius 2 is 0.926 bits per heavy atom. The number of carboxylic acids is 1. The summed E-state index contributed by atoms with van der Waals surface area (Å²) >= 11 is 12.2. The zero-order valence-corrected chi connectivity index (χ0v) is 96.4. The topological polar surface area (TPSA) is 535 Å². The van der Waals surface area contributed by atoms with Crippen LogP contribution in [0, 0.1) is 10.1 Å². The molecule has 136 heavy (non-hydrogen) atoms. The molecule has 5 aliphatic carbocycles. The minimum atomic E-state index is -1.72. The molecule has 6 aromatic carbocycles. The van der Waals surface area contributed by atoms with Gasteiger partial charge in [-0.1, -0.05) is 160 Å². The molecule has 13 N–H and O–H groups in total. The van der Waals surface area contributed by atoms with Gasteiger partial charge in [0.25, 0.3) is 17.4 Å². The Balaban J connectivity index is -0.000000352. The Hall–Kier alpha value is -6.62. The van der Waals surface area contributed by atoms with E-state index in [0.29, 0.717) is 44.8 Å². The van der Waals surface area contributed by atoms with Crippen molar-refractivity contribution in [2.75, 3.05) is 63.2 Å². The number of benzene rings is 6. The number of H-pyrrole nitrogens is 1. The number of nitro groups is 1. The van der Waals surface area contributed by atoms with Gasteiger partial charge >= 0.3 is 150 Å². The number of Topliss-reactive ketones (excluding diaryl/α,β-unsaturated/α-hetero) is 2. The number of aryl methyl sites for hydroxylation is 4. The molecule has 1 saturated carbocycles. The summed E-state index contributed by atoms with van der Waals surface area (Å²) in [4.78, 5) is 155. The number of nitro benzene ring substituents is 1. The van der Waals surface area contributed by atoms with Crippen LogP contribution in [0.25, 0.3) is 43.6 Å². The van der Waals surface area contributed by atoms with Crippen molar-refractivity contribution < 1.29 is 201 Å². The number of nitrogens with zero attached hydrogens (tertiary/aromatic N) is 4. The van der Waals surface area contributed by atoms with E-state index in [0.717, 1.165) is 155 Å². The van der Waals surface area contributed by atoms with Gasteiger partial charge in [-0.25, -0.2) is 58.9 Å². The van der Waals surface area contributed by atoms with Gasteiger partial charge in [0, 0.05) is 86.1 Å². The first-order valence-electron chi connectivity index (χ1n) is 42.7. The number of carboxylic acid groups (broad SMARTS) is 1. The number of halogens is 7. The number of nitrogens with one attached hydrogen (secondary N) is 2. The van der Waals surface area contributed by atoms with Crippen LogP contribution in [0.1, 0.15) is 259 Å². The number of hydrogen-bond donors (Lipinski definition) is 8. The number of ketones is 2. The van der Waals surface area contributed by atoms with Crippen molar-refractivity contribution in [2.45, 2.75) is 181 Å². The largest absolute Gasteiger partial charge is 1.00 e. The number of hydrazine groups is 2. The van der Waals surface area contributed by atoms with Crippen LogP contribution in [-0.2, 0) is 89.5 Å². The molecule has 0 saturated heterocycles. The summed E-state index contributed by atoms with van der Waals surface area (Å²) in [6.45, 7) is 31.4. The molecule has 43 heteroatoms. The Labute approximate surface area is 937 Å². The molecule has 1 aliphatic heterocycles. The van der Waals surface area contributed by atoms with Crippen LogP contribution in [0.4, 0.5) is 17.1 Å². The number of nitrogen functional groups attached to an aromatic ring is 1. The zero-order chi connectivity index (χ0) is 102. The smallest absolute Gasteiger partial charge is 1.00 e. The van der Waals surface area contributed by atoms with E-state index >= 15 is 0 Å². The maximum atomic E-state index is 12.0. The number of aromatic amines is 1. The summed E-state index contributed by atoms with van der Waals surface area (Å²) in [6.07, 6.45) is 10.4. The van der Waals surface area contributed by atoms with Gasteiger partial charge in [0.15, 0.2) is 16.8 Å². The maximum absolute atomic E-state index is 12.0. The number of esters is 5. The minimum absolute atomic E-state index is 0. The first kappa shape index (κ1) is 138. The maximum Gasteiger partial charge on any atom is 1.00 e. The molecule has 1 fully saturated rings. The van der Waals surface area contributed by atoms with Gasteiger partial charge in [-0.3, -0.25) is 72.4 Å². The number of nitrogens with two attached hydrogens (primary N) is 5. The summed E-state index contributed by atoms with van der Waals surface area (Å²) in [5, 5.41) is 34.5. The molecule has 0 amide bonds. The summed E-state index contributed by atoms with van der Waals surface area (Å²) in [7, 11) is 17.8. The van der Waals surface area contributed by atoms with Gasteiger partial charge in [0.1, 0.15) is 11.5 Å². The second-order valence-electron chi connectivity index (χ2n) is 24.9. The number of hydrogen-bond acceptors (Lipinski definition) is 30. The number of carbonyl (C=O) groups is 10. The van der Waals surface area contributed by atoms with Gasteiger partial charge in [-0.15, -0.1) is 24.0 Å². The van der Waals surface area contributed by atoms with E-state index in [-0.39, 0.29) is 212 Å². The van der Waals surface area contributed by atoms with Crippen molar-refractivity contribution in [2.24, 2.45) is 23.4 Å². The Bertz CT molecular complexity index is 5520. The number of aromatic nitrogens is 4. The molecule has 0 unspecified atom stereocenters. The van der Waals surface area contributed by atoms with Crippen molar-refractivity contribution >= 4 is 231 Å². The number of fused-ring (bicyclic) bond motifs is 8. The van der Waals surface area contributed by atoms with E-state index in [1.165, 1.54) is 48.7 Å². The van der Waals surface area contributed by atoms with Crippen LogP contribution in [-0.4, -0.2) is 153 Å². The molecule has 736 valence electrons. The van der Waals surface area contributed by atoms with E-state index in [2.05, 4.69) is 76.1 Å². The van der Waals surface area contributed by atoms with E-state index in [9.17, 15) is 58.1 Å². The fraction of sp³-hybridized carbons (Fsp3) is 0.376. The van der Waals surface area contributed by atoms with Crippen LogP contribution in [0.3, 0.4) is 0 Å². The van der Waals surface area contributed by atoms with E-state index in [4.69, 9.17) is 103 Å². The van der Waals surface area contributed by atoms with Crippen molar-refractivity contribution in [1.29, 1.82) is 0 Å². The molecule has 4 aromatic heterocycles. The van der Waals surface area contributed by atoms with E-state index < -0.39 is 57.1 Å². The molecule has 6 aliphatic rings. The van der Waals surface area contributed by atoms with Crippen molar-refractivity contribution in [3.8, 4) is 5.75 Å². The summed E-state index contributed by atoms with van der Waals surface area (Å²) in [5.74, 6) is 13.0. The fourth-order valence-corrected chi connectivity index (χ4v) is 13.0. The molecule has 33 nitrogen and oxygen atoms in total. The molecule has 0 radical (unpaired) electrons. The predicted octanol–water partition coefficient (Wildman–Crippen LogP) is 12.8. The number of alkyl halides is 1. The number of aromatic carboxylic acids is 1. The predicted molar refractivity (Wildman–Crippen MR) is 551 cm³/mol. The summed E-state index contributed by atoms with van der Waals surface area (Å²) < 4.78 is 29.5. The Morgan fingerprint density at radius 3 is 1.33 bits per heavy atom. The first-order chi connectivity index (χ1) is 64.1. The van der Waals surface area contributed by atoms with Gasteiger partial charge in [-0.05, 0) is 174 Å². The Kier molecular flexibility index (Phi) is 79.1. The molecule has 0 atom stereocenters. The molecule has 5 heterocycles. The van der Waals surface area contributed by atoms with Gasteiger partial charge in [0.2, 0.25) is 0 Å². The van der Waals surface area contributed by atoms with Crippen molar-refractivity contribution in [3.05, 3.63) is 224 Å². The monoisotopic (exact) mass is 2280 g/mol. The van der Waals surface area contributed by atoms with Crippen LogP contribution >= 0.6 is 99.9 Å². The number of anilines is 2. The number of carbonyl (C=O) groups excluding carboxylic acids is 9. The number of methoxy groups -OCH3 is 2. The standard InChI is InChI=1S/C14H13NO3.C13H10N2O.C12H7Cl2NO.C12H13NO6.C12H15NO4.C12H9NO3.C4H6O.6C2H6.CH3I.CH2O3.Al.3ClH.HI.2K.2H4N2.H/c1-17-13-8-6-7-10(8)15-11-5-3-4-9(12(11)13)14(16)18-2;16-11-6-14-13-7-4-5-9(7)15-10-3-1-2-8(11)12(10)13;13-11-6-4-5-8(6)15-9-3-1-2-7(10(9)11)12(14)16;1-3-18-11(14)8-6-5-7-9(13(16)17)10(8)12(15)19-4-2;1-3-16-11(14)8-6-5-7-9(13)10(8)12(15)17-4-2;14-11-6-4-5-8(6)13-9-3-1-2-7(10(9)11)12(15)16;5-4-2-1-3-4;7*1-2;2-1-4-3;;;;;;;;2*1-2;/h3-5H,6-7H2,1-2H3;1-3,14H,4-6H2;1-3H,4-5H2;5-7H,3-4H2,1-2H3;5-7H,3-4,13H2,1-2H3;1-3H,4-5H2,(H,13,14)(H,15,16);1-3H2;6*1-2H3;1H3;1,3H;;4*1H;;;2*1-2H2;/q;;;;;;;;;;;;;;;+3;;;;;2*+1;;;-1/p-4. The third kappa shape index (κ3) is 40.0. The minimum Gasteiger partial charge on any atom is -1.00 e. The zero-order valence-electron chi connectivity index (χ0n) is 81.7. The van der Waals surface area contributed by atoms with Crippen molar-refractivity contribution in [1.82, 2.24) is 19.9 Å². The SMILES string of the molecule is CC.CC.CC.CC.CC.CC.CCOC(=O)c1cccc(N)c1C(=O)OCC.CCOC(=O)c1cccc([N+](=O)[O-])c1C(=O)OCC.CI.COC(=O)c1cccc2nc3c(c(OC)c12)CC3.I.NN.NN.O=C(Cl)c1cccc2nc3c(c(Cl)c12)CC3.O=C(O)c1cccc2[nH]c3c(c(=O)c12)CC3.O=C1CCC1.O=C1CNc2c3c(nc4cccc1c24)CC3.O=CO[O-].[Cl][Al]([Cl])[Cl].[H-].[K+].[K+]. The van der Waals surface area contributed by atoms with E-state index in [1.807, 2.05) is 124 Å². The van der Waals surface area contributed by atoms with Crippen LogP contribution in [0.2, 0.25) is 5.02 Å². The number of rotatable bonds is 14. The molecular formula is C93H123AlCl5I2K2N11O22. The third-order valence-electron chi connectivity index (χ3n) is 18.2. The van der Waals surface area contributed by atoms with Crippen molar-refractivity contribution in [3.63, 3.8) is 0 Å². The average Bonchev–Trinajstić information content (AvgIpc) is 0.738. The van der Waals surface area contributed by atoms with Gasteiger partial charge in [-0.2, -0.15) is 0 Å². The first-order valence-corrected chi connectivity index (χ1v) is 50.8. The number of pyridine rings is 4. The molecule has 0 bridgehead atoms. The molecular weight excluding hydrogens is 2160 g/mol. The quantitative estimate of drug-likeness (QED) is 0.00407. The third-order valence-corrected chi connectivity index (χ3v) is 18.8. The molecule has 16 rings (SSSR count). The van der Waals surface area contributed by atoms with E-state index in [1.54, 1.807) is 71.2 Å². The Morgan fingerprint density at radius 1 is 0.537 bits per heavy atom. The number of ether oxygens (including phenoxy) is 6. The molecule has 10 aromatic rings. The second kappa shape index (κ2) is 78.0. The van der Waals surface area contributed by atoms with Gasteiger partial charge in [0.05, 0.1) is 118 Å². The summed E-state index contributed by atoms with van der Waals surface area (Å²) in [6, 6.07) is 29.7. The van der Waals surface area contributed by atoms with Crippen LogP contribution in [0.15, 0.2) is 114 Å².